The highest BCUT2D eigenvalue weighted by Gasteiger charge is 2.43. The number of ether oxygens (including phenoxy) is 1. The molecule has 0 aromatic rings. The highest BCUT2D eigenvalue weighted by molar-refractivity contribution is 6.38. The Morgan fingerprint density at radius 3 is 2.33 bits per heavy atom. The number of nitrogens with zero attached hydrogens (tertiary/aromatic N) is 4. The van der Waals surface area contributed by atoms with E-state index >= 15 is 0 Å². The summed E-state index contributed by atoms with van der Waals surface area (Å²) in [5, 5.41) is 10.8. The van der Waals surface area contributed by atoms with Gasteiger partial charge in [-0.1, -0.05) is 20.8 Å². The van der Waals surface area contributed by atoms with E-state index in [1.807, 2.05) is 25.2 Å². The molecule has 8 bridgehead atoms. The van der Waals surface area contributed by atoms with Crippen molar-refractivity contribution in [1.82, 2.24) is 0 Å². The van der Waals surface area contributed by atoms with Gasteiger partial charge in [0.1, 0.15) is 0 Å². The Kier molecular flexibility index (Phi) is 7.37. The number of aliphatic hydroxyl groups excluding tert-OH is 1. The monoisotopic (exact) mass is 578 g/mol. The van der Waals surface area contributed by atoms with Gasteiger partial charge in [-0.25, -0.2) is 15.0 Å². The molecular formula is C35H38N4O4. The average Bonchev–Trinajstić information content (AvgIpc) is 3.73. The fraction of sp³-hybridized carbons (Fsp3) is 0.429. The van der Waals surface area contributed by atoms with Crippen molar-refractivity contribution in [2.45, 2.75) is 79.8 Å². The molecule has 3 atom stereocenters. The van der Waals surface area contributed by atoms with E-state index in [1.165, 1.54) is 7.11 Å². The summed E-state index contributed by atoms with van der Waals surface area (Å²) in [5.74, 6) is -0.327. The van der Waals surface area contributed by atoms with Crippen molar-refractivity contribution in [3.05, 3.63) is 80.0 Å². The lowest BCUT2D eigenvalue weighted by Crippen LogP contribution is -2.17. The molecular weight excluding hydrogens is 540 g/mol. The Labute approximate surface area is 252 Å². The van der Waals surface area contributed by atoms with Crippen LogP contribution in [0.5, 0.6) is 0 Å². The lowest BCUT2D eigenvalue weighted by atomic mass is 9.84. The topological polar surface area (TPSA) is 113 Å². The molecule has 0 spiro atoms. The van der Waals surface area contributed by atoms with Crippen LogP contribution in [-0.4, -0.2) is 52.9 Å². The van der Waals surface area contributed by atoms with Crippen LogP contribution in [0.25, 0.3) is 0 Å². The number of allylic oxidation sites excluding steroid dienone is 10. The fourth-order valence-corrected chi connectivity index (χ4v) is 7.15. The number of hydrogen-bond donors (Lipinski definition) is 1. The molecule has 6 rings (SSSR count). The first-order valence-electron chi connectivity index (χ1n) is 15.2. The minimum atomic E-state index is -0.718. The van der Waals surface area contributed by atoms with Crippen molar-refractivity contribution in [3.63, 3.8) is 0 Å². The number of fused-ring (bicyclic) bond motifs is 4. The Hall–Kier alpha value is -4.04. The van der Waals surface area contributed by atoms with Gasteiger partial charge in [0.15, 0.2) is 5.78 Å². The van der Waals surface area contributed by atoms with Gasteiger partial charge >= 0.3 is 5.97 Å². The van der Waals surface area contributed by atoms with Gasteiger partial charge in [0.25, 0.3) is 0 Å². The molecule has 1 fully saturated rings. The van der Waals surface area contributed by atoms with E-state index in [-0.39, 0.29) is 36.4 Å². The standard InChI is InChI=1S/C35H38N4O4/c1-8-20-16(3)24-14-29-32(19(6)40)18(5)26(37-29)13-25-17(4)22(10-11-31(42)43-7)34(38-25)23-12-30(41)33-21(9-2)28(39-35(23)33)15-27(20)36-24/h13-15,17,19,22,40H,8-12H2,1-7H3/t17-,19+,22-/m0/s1. The van der Waals surface area contributed by atoms with Gasteiger partial charge in [-0.2, -0.15) is 0 Å². The quantitative estimate of drug-likeness (QED) is 0.388. The predicted molar refractivity (Wildman–Crippen MR) is 169 cm³/mol. The Morgan fingerprint density at radius 1 is 0.977 bits per heavy atom. The van der Waals surface area contributed by atoms with Crippen molar-refractivity contribution in [2.75, 3.05) is 7.11 Å². The van der Waals surface area contributed by atoms with Gasteiger partial charge in [-0.15, -0.1) is 0 Å². The molecule has 1 aliphatic carbocycles. The van der Waals surface area contributed by atoms with Gasteiger partial charge in [0, 0.05) is 47.1 Å². The van der Waals surface area contributed by atoms with Crippen molar-refractivity contribution >= 4 is 34.6 Å². The number of esters is 1. The number of aliphatic imine (C=N–C) groups is 4. The molecule has 43 heavy (non-hydrogen) atoms. The van der Waals surface area contributed by atoms with Gasteiger partial charge < -0.3 is 9.84 Å². The first-order chi connectivity index (χ1) is 20.6. The zero-order valence-electron chi connectivity index (χ0n) is 26.0. The molecule has 8 nitrogen and oxygen atoms in total. The molecule has 0 amide bonds. The van der Waals surface area contributed by atoms with Crippen molar-refractivity contribution in [2.24, 2.45) is 31.8 Å². The lowest BCUT2D eigenvalue weighted by molar-refractivity contribution is -0.140. The maximum Gasteiger partial charge on any atom is 0.305 e. The second-order valence-corrected chi connectivity index (χ2v) is 11.9. The number of rotatable bonds is 6. The molecule has 0 unspecified atom stereocenters. The predicted octanol–water partition coefficient (Wildman–Crippen LogP) is 6.03. The molecule has 6 aliphatic rings. The van der Waals surface area contributed by atoms with Crippen LogP contribution in [0.4, 0.5) is 0 Å². The van der Waals surface area contributed by atoms with Crippen molar-refractivity contribution in [1.29, 1.82) is 0 Å². The summed E-state index contributed by atoms with van der Waals surface area (Å²) in [6.07, 6.45) is 7.76. The third-order valence-corrected chi connectivity index (χ3v) is 9.50. The minimum Gasteiger partial charge on any atom is -0.469 e. The molecule has 5 aliphatic heterocycles. The second-order valence-electron chi connectivity index (χ2n) is 11.9. The number of methoxy groups -OCH3 is 1. The van der Waals surface area contributed by atoms with Crippen LogP contribution in [0, 0.1) is 11.8 Å². The molecule has 0 saturated heterocycles. The molecule has 1 saturated carbocycles. The summed E-state index contributed by atoms with van der Waals surface area (Å²) >= 11 is 0. The Morgan fingerprint density at radius 2 is 1.65 bits per heavy atom. The van der Waals surface area contributed by atoms with Gasteiger partial charge in [0.2, 0.25) is 0 Å². The molecule has 5 heterocycles. The second kappa shape index (κ2) is 10.9. The zero-order valence-corrected chi connectivity index (χ0v) is 26.0. The van der Waals surface area contributed by atoms with Gasteiger partial charge in [0.05, 0.1) is 53.1 Å². The summed E-state index contributed by atoms with van der Waals surface area (Å²) in [4.78, 5) is 46.1. The van der Waals surface area contributed by atoms with Crippen LogP contribution in [0.1, 0.15) is 73.6 Å². The zero-order chi connectivity index (χ0) is 30.7. The van der Waals surface area contributed by atoms with E-state index in [2.05, 4.69) is 27.7 Å². The number of carbonyl (C=O) groups is 2. The van der Waals surface area contributed by atoms with Crippen LogP contribution >= 0.6 is 0 Å². The SMILES string of the molecule is CCC1=C(C)C2=CC3=NC(=CC4=NC(=C5CC(=O)C6=C(CC)C(=CC1=N2)N=C56)[C@@H](CCC(=O)OC)[C@@H]4C)C(C)=C3[C@@H](C)O. The Balaban J connectivity index is 1.63. The Bertz CT molecular complexity index is 1730. The molecule has 0 aromatic heterocycles. The van der Waals surface area contributed by atoms with Crippen molar-refractivity contribution in [3.8, 4) is 0 Å². The molecule has 1 N–H and O–H groups in total. The first kappa shape index (κ1) is 29.1. The number of aliphatic hydroxyl groups is 1. The van der Waals surface area contributed by atoms with E-state index in [0.29, 0.717) is 29.8 Å². The van der Waals surface area contributed by atoms with Crippen LogP contribution in [0.15, 0.2) is 100.0 Å². The highest BCUT2D eigenvalue weighted by atomic mass is 16.5. The average molecular weight is 579 g/mol. The van der Waals surface area contributed by atoms with Gasteiger partial charge in [-0.3, -0.25) is 14.6 Å². The normalized spacial score (nSPS) is 25.2. The van der Waals surface area contributed by atoms with E-state index in [4.69, 9.17) is 24.7 Å². The number of Topliss-reactive ketones (excluding diaryl/α,β-unsaturated/α-hetero) is 1. The van der Waals surface area contributed by atoms with E-state index < -0.39 is 6.10 Å². The smallest absolute Gasteiger partial charge is 0.305 e. The van der Waals surface area contributed by atoms with Crippen LogP contribution in [0.2, 0.25) is 0 Å². The fourth-order valence-electron chi connectivity index (χ4n) is 7.15. The van der Waals surface area contributed by atoms with Crippen LogP contribution in [-0.2, 0) is 14.3 Å². The summed E-state index contributed by atoms with van der Waals surface area (Å²) in [6, 6.07) is 0. The number of ketones is 1. The first-order valence-corrected chi connectivity index (χ1v) is 15.2. The summed E-state index contributed by atoms with van der Waals surface area (Å²) in [7, 11) is 1.40. The lowest BCUT2D eigenvalue weighted by Gasteiger charge is -2.18. The summed E-state index contributed by atoms with van der Waals surface area (Å²) < 4.78 is 4.96. The third kappa shape index (κ3) is 4.63. The largest absolute Gasteiger partial charge is 0.469 e. The maximum absolute atomic E-state index is 13.6. The minimum absolute atomic E-state index is 0.0274. The van der Waals surface area contributed by atoms with E-state index in [0.717, 1.165) is 74.1 Å². The van der Waals surface area contributed by atoms with Crippen LogP contribution < -0.4 is 0 Å². The molecule has 8 heteroatoms. The highest BCUT2D eigenvalue weighted by Crippen LogP contribution is 2.45. The van der Waals surface area contributed by atoms with Crippen LogP contribution in [0.3, 0.4) is 0 Å². The summed E-state index contributed by atoms with van der Waals surface area (Å²) in [6.45, 7) is 12.1. The van der Waals surface area contributed by atoms with E-state index in [9.17, 15) is 14.7 Å². The number of hydrogen-bond acceptors (Lipinski definition) is 8. The van der Waals surface area contributed by atoms with Gasteiger partial charge in [-0.05, 0) is 80.6 Å². The summed E-state index contributed by atoms with van der Waals surface area (Å²) in [5.41, 5.74) is 12.6. The number of carbonyl (C=O) groups excluding carboxylic acids is 2. The molecule has 222 valence electrons. The van der Waals surface area contributed by atoms with Crippen molar-refractivity contribution < 1.29 is 19.4 Å². The molecule has 0 radical (unpaired) electrons. The maximum atomic E-state index is 13.6. The van der Waals surface area contributed by atoms with E-state index in [1.54, 1.807) is 6.92 Å². The molecule has 0 aromatic carbocycles. The third-order valence-electron chi connectivity index (χ3n) is 9.50.